The van der Waals surface area contributed by atoms with Crippen molar-refractivity contribution in [2.75, 3.05) is 19.7 Å². The van der Waals surface area contributed by atoms with E-state index in [4.69, 9.17) is 5.11 Å². The van der Waals surface area contributed by atoms with Gasteiger partial charge in [0.05, 0.1) is 0 Å². The summed E-state index contributed by atoms with van der Waals surface area (Å²) in [5.74, 6) is 0.658. The first-order chi connectivity index (χ1) is 8.74. The van der Waals surface area contributed by atoms with Crippen molar-refractivity contribution in [1.82, 2.24) is 10.2 Å². The third kappa shape index (κ3) is 3.94. The van der Waals surface area contributed by atoms with Crippen molar-refractivity contribution in [1.29, 1.82) is 0 Å². The Balaban J connectivity index is 1.69. The fraction of sp³-hybridized carbons (Fsp3) is 1.00. The van der Waals surface area contributed by atoms with Gasteiger partial charge in [0.1, 0.15) is 0 Å². The molecule has 0 spiro atoms. The Kier molecular flexibility index (Phi) is 5.46. The summed E-state index contributed by atoms with van der Waals surface area (Å²) >= 11 is 0. The first kappa shape index (κ1) is 14.3. The van der Waals surface area contributed by atoms with Crippen LogP contribution in [0.5, 0.6) is 0 Å². The topological polar surface area (TPSA) is 35.5 Å². The molecule has 2 rings (SSSR count). The van der Waals surface area contributed by atoms with Crippen LogP contribution >= 0.6 is 0 Å². The van der Waals surface area contributed by atoms with E-state index < -0.39 is 0 Å². The van der Waals surface area contributed by atoms with Gasteiger partial charge in [-0.2, -0.15) is 0 Å². The molecule has 0 amide bonds. The molecule has 106 valence electrons. The first-order valence-corrected chi connectivity index (χ1v) is 7.84. The number of hydrogen-bond acceptors (Lipinski definition) is 3. The quantitative estimate of drug-likeness (QED) is 0.695. The van der Waals surface area contributed by atoms with Crippen molar-refractivity contribution < 1.29 is 5.11 Å². The normalized spacial score (nSPS) is 30.8. The molecule has 18 heavy (non-hydrogen) atoms. The van der Waals surface area contributed by atoms with Crippen LogP contribution in [0.25, 0.3) is 0 Å². The largest absolute Gasteiger partial charge is 0.396 e. The monoisotopic (exact) mass is 254 g/mol. The van der Waals surface area contributed by atoms with E-state index >= 15 is 0 Å². The number of nitrogens with one attached hydrogen (secondary N) is 1. The fourth-order valence-electron chi connectivity index (χ4n) is 3.39. The minimum Gasteiger partial charge on any atom is -0.396 e. The average molecular weight is 254 g/mol. The van der Waals surface area contributed by atoms with E-state index in [1.807, 2.05) is 0 Å². The summed E-state index contributed by atoms with van der Waals surface area (Å²) < 4.78 is 0. The molecule has 3 heteroatoms. The van der Waals surface area contributed by atoms with Crippen molar-refractivity contribution in [2.24, 2.45) is 5.92 Å². The summed E-state index contributed by atoms with van der Waals surface area (Å²) in [4.78, 5) is 2.69. The third-order valence-electron chi connectivity index (χ3n) is 4.57. The van der Waals surface area contributed by atoms with Crippen molar-refractivity contribution in [3.63, 3.8) is 0 Å². The predicted octanol–water partition coefficient (Wildman–Crippen LogP) is 2.00. The van der Waals surface area contributed by atoms with E-state index in [2.05, 4.69) is 24.1 Å². The summed E-state index contributed by atoms with van der Waals surface area (Å²) in [6.07, 6.45) is 7.55. The van der Waals surface area contributed by atoms with Gasteiger partial charge in [-0.15, -0.1) is 0 Å². The Morgan fingerprint density at radius 3 is 2.72 bits per heavy atom. The lowest BCUT2D eigenvalue weighted by atomic mass is 9.99. The van der Waals surface area contributed by atoms with Gasteiger partial charge in [0, 0.05) is 31.3 Å². The zero-order chi connectivity index (χ0) is 13.0. The molecule has 2 fully saturated rings. The first-order valence-electron chi connectivity index (χ1n) is 7.84. The molecule has 0 aromatic rings. The van der Waals surface area contributed by atoms with Crippen LogP contribution in [0.4, 0.5) is 0 Å². The molecule has 1 aliphatic heterocycles. The Labute approximate surface area is 112 Å². The molecule has 2 aliphatic rings. The smallest absolute Gasteiger partial charge is 0.0434 e. The van der Waals surface area contributed by atoms with E-state index in [1.165, 1.54) is 38.6 Å². The lowest BCUT2D eigenvalue weighted by Gasteiger charge is -2.21. The summed E-state index contributed by atoms with van der Waals surface area (Å²) in [6.45, 7) is 7.27. The highest BCUT2D eigenvalue weighted by molar-refractivity contribution is 4.96. The number of aliphatic hydroxyl groups is 1. The van der Waals surface area contributed by atoms with Crippen LogP contribution in [-0.4, -0.2) is 47.8 Å². The minimum absolute atomic E-state index is 0.335. The lowest BCUT2D eigenvalue weighted by Crippen LogP contribution is -2.36. The van der Waals surface area contributed by atoms with Crippen LogP contribution in [0.2, 0.25) is 0 Å². The Morgan fingerprint density at radius 1 is 1.33 bits per heavy atom. The molecule has 0 bridgehead atoms. The Hall–Kier alpha value is -0.120. The zero-order valence-electron chi connectivity index (χ0n) is 12.1. The molecule has 1 saturated heterocycles. The molecule has 3 nitrogen and oxygen atoms in total. The van der Waals surface area contributed by atoms with E-state index in [1.54, 1.807) is 0 Å². The number of nitrogens with zero attached hydrogens (tertiary/aromatic N) is 1. The molecule has 1 aliphatic carbocycles. The van der Waals surface area contributed by atoms with E-state index in [9.17, 15) is 0 Å². The predicted molar refractivity (Wildman–Crippen MR) is 75.7 cm³/mol. The highest BCUT2D eigenvalue weighted by Crippen LogP contribution is 2.33. The molecular formula is C15H30N2O. The fourth-order valence-corrected chi connectivity index (χ4v) is 3.39. The molecule has 1 heterocycles. The summed E-state index contributed by atoms with van der Waals surface area (Å²) in [7, 11) is 0. The maximum atomic E-state index is 9.08. The second-order valence-electron chi connectivity index (χ2n) is 6.28. The van der Waals surface area contributed by atoms with Gasteiger partial charge in [0.25, 0.3) is 0 Å². The van der Waals surface area contributed by atoms with Gasteiger partial charge in [-0.05, 0) is 51.5 Å². The van der Waals surface area contributed by atoms with Gasteiger partial charge in [0.2, 0.25) is 0 Å². The van der Waals surface area contributed by atoms with Crippen LogP contribution < -0.4 is 5.32 Å². The molecule has 3 atom stereocenters. The molecule has 0 aromatic carbocycles. The highest BCUT2D eigenvalue weighted by atomic mass is 16.3. The molecule has 0 aromatic heterocycles. The van der Waals surface area contributed by atoms with Gasteiger partial charge < -0.3 is 10.4 Å². The molecule has 1 saturated carbocycles. The number of rotatable bonds is 8. The van der Waals surface area contributed by atoms with Gasteiger partial charge in [-0.25, -0.2) is 0 Å². The van der Waals surface area contributed by atoms with Gasteiger partial charge in [0.15, 0.2) is 0 Å². The average Bonchev–Trinajstić information content (AvgIpc) is 3.11. The van der Waals surface area contributed by atoms with Crippen LogP contribution in [-0.2, 0) is 0 Å². The molecule has 0 radical (unpaired) electrons. The van der Waals surface area contributed by atoms with Crippen LogP contribution in [0.15, 0.2) is 0 Å². The molecule has 3 unspecified atom stereocenters. The summed E-state index contributed by atoms with van der Waals surface area (Å²) in [5, 5.41) is 12.8. The van der Waals surface area contributed by atoms with Gasteiger partial charge >= 0.3 is 0 Å². The van der Waals surface area contributed by atoms with Crippen LogP contribution in [0.1, 0.15) is 52.4 Å². The van der Waals surface area contributed by atoms with E-state index in [-0.39, 0.29) is 0 Å². The van der Waals surface area contributed by atoms with Crippen LogP contribution in [0, 0.1) is 5.92 Å². The van der Waals surface area contributed by atoms with E-state index in [0.717, 1.165) is 25.0 Å². The number of likely N-dealkylation sites (tertiary alicyclic amines) is 1. The maximum Gasteiger partial charge on any atom is 0.0434 e. The highest BCUT2D eigenvalue weighted by Gasteiger charge is 2.38. The Bertz CT molecular complexity index is 237. The van der Waals surface area contributed by atoms with E-state index in [0.29, 0.717) is 18.6 Å². The second kappa shape index (κ2) is 6.88. The van der Waals surface area contributed by atoms with Crippen molar-refractivity contribution >= 4 is 0 Å². The zero-order valence-corrected chi connectivity index (χ0v) is 12.1. The second-order valence-corrected chi connectivity index (χ2v) is 6.28. The lowest BCUT2D eigenvalue weighted by molar-refractivity contribution is 0.241. The summed E-state index contributed by atoms with van der Waals surface area (Å²) in [6, 6.07) is 2.34. The minimum atomic E-state index is 0.335. The molecular weight excluding hydrogens is 224 g/mol. The van der Waals surface area contributed by atoms with Gasteiger partial charge in [-0.1, -0.05) is 13.3 Å². The van der Waals surface area contributed by atoms with Crippen molar-refractivity contribution in [2.45, 2.75) is 70.5 Å². The van der Waals surface area contributed by atoms with Crippen molar-refractivity contribution in [3.8, 4) is 0 Å². The van der Waals surface area contributed by atoms with Crippen molar-refractivity contribution in [3.05, 3.63) is 0 Å². The number of aliphatic hydroxyl groups excluding tert-OH is 1. The summed E-state index contributed by atoms with van der Waals surface area (Å²) in [5.41, 5.74) is 0. The Morgan fingerprint density at radius 2 is 2.11 bits per heavy atom. The number of hydrogen-bond donors (Lipinski definition) is 2. The third-order valence-corrected chi connectivity index (χ3v) is 4.57. The SMILES string of the molecule is CCCC(CCO)CNC1CC(C)N(C2CC2)C1. The maximum absolute atomic E-state index is 9.08. The van der Waals surface area contributed by atoms with Gasteiger partial charge in [-0.3, -0.25) is 4.90 Å². The van der Waals surface area contributed by atoms with Crippen LogP contribution in [0.3, 0.4) is 0 Å². The standard InChI is InChI=1S/C15H30N2O/c1-3-4-13(7-8-18)10-16-14-9-12(2)17(11-14)15-5-6-15/h12-16,18H,3-11H2,1-2H3. The molecule has 2 N–H and O–H groups in total.